The van der Waals surface area contributed by atoms with Crippen LogP contribution in [-0.4, -0.2) is 9.13 Å². The van der Waals surface area contributed by atoms with Gasteiger partial charge in [-0.15, -0.1) is 0 Å². The Morgan fingerprint density at radius 3 is 1.42 bits per heavy atom. The van der Waals surface area contributed by atoms with Crippen molar-refractivity contribution in [1.82, 2.24) is 9.13 Å². The van der Waals surface area contributed by atoms with Crippen molar-refractivity contribution in [2.45, 2.75) is 0 Å². The normalized spacial score (nSPS) is 11.8. The lowest BCUT2D eigenvalue weighted by molar-refractivity contribution is 1.15. The summed E-state index contributed by atoms with van der Waals surface area (Å²) in [6.45, 7) is 0. The molecule has 0 spiro atoms. The van der Waals surface area contributed by atoms with Gasteiger partial charge in [-0.1, -0.05) is 146 Å². The van der Waals surface area contributed by atoms with Gasteiger partial charge in [0.25, 0.3) is 0 Å². The van der Waals surface area contributed by atoms with Crippen molar-refractivity contribution in [3.05, 3.63) is 182 Å². The number of aromatic nitrogens is 2. The molecule has 0 radical (unpaired) electrons. The van der Waals surface area contributed by atoms with E-state index in [0.717, 1.165) is 11.4 Å². The van der Waals surface area contributed by atoms with E-state index in [0.29, 0.717) is 0 Å². The smallest absolute Gasteiger partial charge is 0.0788 e. The van der Waals surface area contributed by atoms with E-state index in [4.69, 9.17) is 0 Å². The molecule has 0 aliphatic carbocycles. The second-order valence-electron chi connectivity index (χ2n) is 12.6. The topological polar surface area (TPSA) is 9.86 Å². The van der Waals surface area contributed by atoms with Crippen LogP contribution in [0.2, 0.25) is 0 Å². The highest BCUT2D eigenvalue weighted by Gasteiger charge is 2.21. The first-order chi connectivity index (χ1) is 23.8. The summed E-state index contributed by atoms with van der Waals surface area (Å²) in [7, 11) is 0. The molecule has 0 aliphatic rings. The molecular formula is C46H30N2. The van der Waals surface area contributed by atoms with Gasteiger partial charge in [0.2, 0.25) is 0 Å². The summed E-state index contributed by atoms with van der Waals surface area (Å²) in [5.41, 5.74) is 12.1. The van der Waals surface area contributed by atoms with Gasteiger partial charge in [0, 0.05) is 32.9 Å². The molecule has 2 heterocycles. The number of hydrogen-bond donors (Lipinski definition) is 0. The monoisotopic (exact) mass is 610 g/mol. The van der Waals surface area contributed by atoms with Crippen molar-refractivity contribution in [3.8, 4) is 33.6 Å². The van der Waals surface area contributed by atoms with Crippen molar-refractivity contribution >= 4 is 54.4 Å². The van der Waals surface area contributed by atoms with E-state index < -0.39 is 0 Å². The van der Waals surface area contributed by atoms with Crippen LogP contribution in [0.3, 0.4) is 0 Å². The minimum Gasteiger partial charge on any atom is -0.307 e. The van der Waals surface area contributed by atoms with Gasteiger partial charge in [-0.25, -0.2) is 0 Å². The Hall–Kier alpha value is -6.38. The van der Waals surface area contributed by atoms with Crippen LogP contribution >= 0.6 is 0 Å². The standard InChI is InChI=1S/C46H30N2/c1-2-13-32(14-3-1)37-16-6-7-17-38(37)33-23-25-35(26-24-33)47-43-20-10-8-18-39(43)41-28-29-42-40-19-9-11-21-44(40)48(46(42)45(41)47)36-27-22-31-12-4-5-15-34(31)30-36/h1-30H. The second kappa shape index (κ2) is 10.6. The fourth-order valence-electron chi connectivity index (χ4n) is 7.75. The predicted octanol–water partition coefficient (Wildman–Crippen LogP) is 12.4. The Bertz CT molecular complexity index is 2820. The van der Waals surface area contributed by atoms with E-state index in [9.17, 15) is 0 Å². The van der Waals surface area contributed by atoms with Crippen LogP contribution in [0.4, 0.5) is 0 Å². The molecule has 0 fully saturated rings. The maximum absolute atomic E-state index is 2.47. The average Bonchev–Trinajstić information content (AvgIpc) is 3.68. The predicted molar refractivity (Wildman–Crippen MR) is 203 cm³/mol. The first-order valence-electron chi connectivity index (χ1n) is 16.5. The van der Waals surface area contributed by atoms with Gasteiger partial charge in [-0.2, -0.15) is 0 Å². The fourth-order valence-corrected chi connectivity index (χ4v) is 7.75. The molecule has 8 aromatic carbocycles. The van der Waals surface area contributed by atoms with Crippen molar-refractivity contribution in [2.24, 2.45) is 0 Å². The number of rotatable bonds is 4. The van der Waals surface area contributed by atoms with E-state index in [2.05, 4.69) is 191 Å². The molecule has 0 bridgehead atoms. The number of nitrogens with zero attached hydrogens (tertiary/aromatic N) is 2. The lowest BCUT2D eigenvalue weighted by Crippen LogP contribution is -1.99. The van der Waals surface area contributed by atoms with E-state index in [-0.39, 0.29) is 0 Å². The lowest BCUT2D eigenvalue weighted by Gasteiger charge is -2.14. The van der Waals surface area contributed by atoms with Crippen molar-refractivity contribution in [3.63, 3.8) is 0 Å². The number of hydrogen-bond acceptors (Lipinski definition) is 0. The number of para-hydroxylation sites is 2. The summed E-state index contributed by atoms with van der Waals surface area (Å²) in [6.07, 6.45) is 0. The summed E-state index contributed by atoms with van der Waals surface area (Å²) >= 11 is 0. The van der Waals surface area contributed by atoms with E-state index in [1.165, 1.54) is 76.6 Å². The highest BCUT2D eigenvalue weighted by molar-refractivity contribution is 6.23. The Morgan fingerprint density at radius 1 is 0.292 bits per heavy atom. The van der Waals surface area contributed by atoms with Crippen LogP contribution in [0.5, 0.6) is 0 Å². The third kappa shape index (κ3) is 4.00. The van der Waals surface area contributed by atoms with Crippen molar-refractivity contribution in [2.75, 3.05) is 0 Å². The second-order valence-corrected chi connectivity index (χ2v) is 12.6. The molecule has 0 saturated carbocycles. The molecule has 2 aromatic heterocycles. The van der Waals surface area contributed by atoms with Gasteiger partial charge in [-0.3, -0.25) is 0 Å². The highest BCUT2D eigenvalue weighted by Crippen LogP contribution is 2.42. The summed E-state index contributed by atoms with van der Waals surface area (Å²) in [5.74, 6) is 0. The summed E-state index contributed by atoms with van der Waals surface area (Å²) in [4.78, 5) is 0. The molecule has 0 unspecified atom stereocenters. The zero-order valence-electron chi connectivity index (χ0n) is 26.2. The zero-order valence-corrected chi connectivity index (χ0v) is 26.2. The van der Waals surface area contributed by atoms with E-state index >= 15 is 0 Å². The molecule has 2 nitrogen and oxygen atoms in total. The van der Waals surface area contributed by atoms with Crippen LogP contribution in [0.25, 0.3) is 88.0 Å². The van der Waals surface area contributed by atoms with Crippen molar-refractivity contribution < 1.29 is 0 Å². The quantitative estimate of drug-likeness (QED) is 0.188. The van der Waals surface area contributed by atoms with Gasteiger partial charge < -0.3 is 9.13 Å². The minimum atomic E-state index is 1.14. The summed E-state index contributed by atoms with van der Waals surface area (Å²) in [6, 6.07) is 66.2. The number of fused-ring (bicyclic) bond motifs is 8. The Kier molecular flexibility index (Phi) is 5.91. The summed E-state index contributed by atoms with van der Waals surface area (Å²) < 4.78 is 4.94. The molecule has 0 N–H and O–H groups in total. The largest absolute Gasteiger partial charge is 0.307 e. The lowest BCUT2D eigenvalue weighted by atomic mass is 9.94. The molecule has 10 aromatic rings. The molecular weight excluding hydrogens is 581 g/mol. The molecule has 0 saturated heterocycles. The first kappa shape index (κ1) is 26.8. The van der Waals surface area contributed by atoms with E-state index in [1.54, 1.807) is 0 Å². The van der Waals surface area contributed by atoms with Gasteiger partial charge >= 0.3 is 0 Å². The minimum absolute atomic E-state index is 1.14. The van der Waals surface area contributed by atoms with E-state index in [1.807, 2.05) is 0 Å². The average molecular weight is 611 g/mol. The maximum Gasteiger partial charge on any atom is 0.0788 e. The number of benzene rings is 8. The molecule has 0 aliphatic heterocycles. The molecule has 0 amide bonds. The first-order valence-corrected chi connectivity index (χ1v) is 16.5. The van der Waals surface area contributed by atoms with Crippen LogP contribution in [0, 0.1) is 0 Å². The SMILES string of the molecule is c1ccc(-c2ccccc2-c2ccc(-n3c4ccccc4c4ccc5c6ccccc6n(-c6ccc7ccccc7c6)c5c43)cc2)cc1. The third-order valence-electron chi connectivity index (χ3n) is 9.91. The Morgan fingerprint density at radius 2 is 0.771 bits per heavy atom. The zero-order chi connectivity index (χ0) is 31.6. The van der Waals surface area contributed by atoms with Gasteiger partial charge in [0.1, 0.15) is 0 Å². The van der Waals surface area contributed by atoms with Crippen molar-refractivity contribution in [1.29, 1.82) is 0 Å². The molecule has 2 heteroatoms. The van der Waals surface area contributed by atoms with Crippen LogP contribution < -0.4 is 0 Å². The van der Waals surface area contributed by atoms with Gasteiger partial charge in [0.15, 0.2) is 0 Å². The van der Waals surface area contributed by atoms with Crippen LogP contribution in [-0.2, 0) is 0 Å². The Balaban J connectivity index is 1.26. The molecule has 10 rings (SSSR count). The Labute approximate surface area is 278 Å². The third-order valence-corrected chi connectivity index (χ3v) is 9.91. The maximum atomic E-state index is 2.47. The summed E-state index contributed by atoms with van der Waals surface area (Å²) in [5, 5.41) is 7.50. The van der Waals surface area contributed by atoms with Gasteiger partial charge in [-0.05, 0) is 69.4 Å². The van der Waals surface area contributed by atoms with Crippen LogP contribution in [0.15, 0.2) is 182 Å². The molecule has 48 heavy (non-hydrogen) atoms. The highest BCUT2D eigenvalue weighted by atomic mass is 15.0. The van der Waals surface area contributed by atoms with Crippen LogP contribution in [0.1, 0.15) is 0 Å². The van der Waals surface area contributed by atoms with Gasteiger partial charge in [0.05, 0.1) is 22.1 Å². The molecule has 0 atom stereocenters. The molecule has 224 valence electrons. The fraction of sp³-hybridized carbons (Fsp3) is 0.